The van der Waals surface area contributed by atoms with Crippen LogP contribution < -0.4 is 0 Å². The number of ether oxygens (including phenoxy) is 4. The highest BCUT2D eigenvalue weighted by Gasteiger charge is 2.70. The summed E-state index contributed by atoms with van der Waals surface area (Å²) < 4.78 is 24.2. The average Bonchev–Trinajstić information content (AvgIpc) is 2.89. The molecule has 226 valence electrons. The van der Waals surface area contributed by atoms with Crippen LogP contribution in [0.1, 0.15) is 120 Å². The van der Waals surface area contributed by atoms with Gasteiger partial charge >= 0.3 is 5.97 Å². The van der Waals surface area contributed by atoms with E-state index in [1.54, 1.807) is 5.57 Å². The Labute approximate surface area is 243 Å². The van der Waals surface area contributed by atoms with Crippen LogP contribution in [0, 0.1) is 50.7 Å². The van der Waals surface area contributed by atoms with Crippen LogP contribution in [0.4, 0.5) is 0 Å². The van der Waals surface area contributed by atoms with E-state index in [1.807, 2.05) is 6.92 Å². The predicted molar refractivity (Wildman–Crippen MR) is 156 cm³/mol. The van der Waals surface area contributed by atoms with Crippen molar-refractivity contribution in [2.75, 3.05) is 20.0 Å². The van der Waals surface area contributed by atoms with Crippen molar-refractivity contribution in [3.05, 3.63) is 11.6 Å². The Kier molecular flexibility index (Phi) is 6.96. The summed E-state index contributed by atoms with van der Waals surface area (Å²) in [6.45, 7) is 20.3. The summed E-state index contributed by atoms with van der Waals surface area (Å²) in [5, 5.41) is 0. The molecule has 8 unspecified atom stereocenters. The summed E-state index contributed by atoms with van der Waals surface area (Å²) in [5.74, 6) is 1.54. The Balaban J connectivity index is 1.35. The fourth-order valence-corrected chi connectivity index (χ4v) is 11.9. The topological polar surface area (TPSA) is 54.0 Å². The van der Waals surface area contributed by atoms with Crippen LogP contribution >= 0.6 is 0 Å². The molecule has 0 spiro atoms. The summed E-state index contributed by atoms with van der Waals surface area (Å²) >= 11 is 0. The third-order valence-electron chi connectivity index (χ3n) is 14.2. The fraction of sp³-hybridized carbons (Fsp3) is 0.914. The number of esters is 1. The maximum atomic E-state index is 13.8. The molecule has 5 nitrogen and oxygen atoms in total. The fourth-order valence-electron chi connectivity index (χ4n) is 11.9. The van der Waals surface area contributed by atoms with Gasteiger partial charge in [-0.15, -0.1) is 0 Å². The van der Waals surface area contributed by atoms with E-state index in [-0.39, 0.29) is 51.9 Å². The Morgan fingerprint density at radius 1 is 0.950 bits per heavy atom. The van der Waals surface area contributed by atoms with Gasteiger partial charge in [0.1, 0.15) is 0 Å². The highest BCUT2D eigenvalue weighted by molar-refractivity contribution is 5.78. The van der Waals surface area contributed by atoms with E-state index in [0.29, 0.717) is 24.4 Å². The first kappa shape index (κ1) is 29.2. The normalized spacial score (nSPS) is 51.2. The van der Waals surface area contributed by atoms with E-state index in [9.17, 15) is 4.79 Å². The summed E-state index contributed by atoms with van der Waals surface area (Å²) in [6.07, 6.45) is 14.2. The van der Waals surface area contributed by atoms with E-state index in [4.69, 9.17) is 18.9 Å². The van der Waals surface area contributed by atoms with Gasteiger partial charge < -0.3 is 18.9 Å². The molecule has 1 saturated heterocycles. The standard InChI is InChI=1S/C35H56O5/c1-9-37-22-38-29(36)35-16-10-11-23(2)28(35)24-12-13-26-31(5)17-15-27-32(6,21-39-30(3,4)40-27)25(31)14-18-34(26,8)33(24,7)19-20-35/h12,23,25-28H,9-11,13-22H2,1-8H3/t23?,25?,26?,27?,28?,31?,32-,33-,34?,35?/m1/s1. The highest BCUT2D eigenvalue weighted by Crippen LogP contribution is 2.76. The zero-order valence-corrected chi connectivity index (χ0v) is 26.7. The molecule has 6 rings (SSSR count). The number of hydrogen-bond donors (Lipinski definition) is 0. The second kappa shape index (κ2) is 9.55. The van der Waals surface area contributed by atoms with Crippen molar-refractivity contribution in [1.29, 1.82) is 0 Å². The van der Waals surface area contributed by atoms with Crippen LogP contribution in [0.5, 0.6) is 0 Å². The Morgan fingerprint density at radius 2 is 1.73 bits per heavy atom. The van der Waals surface area contributed by atoms with E-state index < -0.39 is 5.79 Å². The first-order valence-electron chi connectivity index (χ1n) is 16.5. The summed E-state index contributed by atoms with van der Waals surface area (Å²) in [7, 11) is 0. The van der Waals surface area contributed by atoms with Gasteiger partial charge in [0.25, 0.3) is 0 Å². The lowest BCUT2D eigenvalue weighted by atomic mass is 9.33. The highest BCUT2D eigenvalue weighted by atomic mass is 16.7. The van der Waals surface area contributed by atoms with Crippen molar-refractivity contribution in [3.8, 4) is 0 Å². The van der Waals surface area contributed by atoms with E-state index in [2.05, 4.69) is 54.5 Å². The van der Waals surface area contributed by atoms with Gasteiger partial charge in [0.05, 0.1) is 18.1 Å². The van der Waals surface area contributed by atoms with Gasteiger partial charge in [0.2, 0.25) is 0 Å². The van der Waals surface area contributed by atoms with Crippen molar-refractivity contribution < 1.29 is 23.7 Å². The monoisotopic (exact) mass is 556 g/mol. The average molecular weight is 557 g/mol. The second-order valence-electron chi connectivity index (χ2n) is 16.2. The number of carbonyl (C=O) groups excluding carboxylic acids is 1. The molecule has 0 N–H and O–H groups in total. The maximum absolute atomic E-state index is 13.8. The molecule has 0 bridgehead atoms. The first-order chi connectivity index (χ1) is 18.8. The third kappa shape index (κ3) is 3.85. The van der Waals surface area contributed by atoms with Crippen molar-refractivity contribution in [1.82, 2.24) is 0 Å². The lowest BCUT2D eigenvalue weighted by Crippen LogP contribution is -2.68. The number of hydrogen-bond acceptors (Lipinski definition) is 5. The minimum atomic E-state index is -0.480. The van der Waals surface area contributed by atoms with Gasteiger partial charge in [0.15, 0.2) is 12.6 Å². The summed E-state index contributed by atoms with van der Waals surface area (Å²) in [6, 6.07) is 0. The SMILES string of the molecule is CCOCOC(=O)C12CCCC(C)C1C1=CCC3C4(C)CCC5OC(C)(C)OC[C@]5(C)C4CCC3(C)[C@]1(C)CC2. The van der Waals surface area contributed by atoms with Crippen LogP contribution in [-0.4, -0.2) is 37.9 Å². The van der Waals surface area contributed by atoms with E-state index in [0.717, 1.165) is 45.1 Å². The molecule has 5 aliphatic carbocycles. The molecule has 4 saturated carbocycles. The molecular weight excluding hydrogens is 500 g/mol. The molecule has 1 aliphatic heterocycles. The van der Waals surface area contributed by atoms with Gasteiger partial charge in [-0.25, -0.2) is 0 Å². The number of fused-ring (bicyclic) bond motifs is 9. The number of allylic oxidation sites excluding steroid dienone is 2. The molecule has 0 aromatic rings. The smallest absolute Gasteiger partial charge is 0.314 e. The van der Waals surface area contributed by atoms with Gasteiger partial charge in [-0.3, -0.25) is 4.79 Å². The molecular formula is C35H56O5. The molecule has 0 amide bonds. The first-order valence-corrected chi connectivity index (χ1v) is 16.5. The molecule has 5 fully saturated rings. The minimum Gasteiger partial charge on any atom is -0.438 e. The van der Waals surface area contributed by atoms with Gasteiger partial charge in [-0.05, 0) is 112 Å². The molecule has 40 heavy (non-hydrogen) atoms. The Bertz CT molecular complexity index is 1050. The number of carbonyl (C=O) groups is 1. The van der Waals surface area contributed by atoms with Crippen molar-refractivity contribution in [2.45, 2.75) is 131 Å². The van der Waals surface area contributed by atoms with Crippen LogP contribution in [0.3, 0.4) is 0 Å². The lowest BCUT2D eigenvalue weighted by molar-refractivity contribution is -0.351. The van der Waals surface area contributed by atoms with Crippen LogP contribution in [-0.2, 0) is 23.7 Å². The van der Waals surface area contributed by atoms with Gasteiger partial charge in [0, 0.05) is 12.0 Å². The molecule has 1 heterocycles. The van der Waals surface area contributed by atoms with Crippen molar-refractivity contribution in [2.24, 2.45) is 50.7 Å². The zero-order valence-electron chi connectivity index (χ0n) is 26.7. The quantitative estimate of drug-likeness (QED) is 0.152. The second-order valence-corrected chi connectivity index (χ2v) is 16.2. The Hall–Kier alpha value is -0.910. The maximum Gasteiger partial charge on any atom is 0.314 e. The van der Waals surface area contributed by atoms with Gasteiger partial charge in [-0.2, -0.15) is 0 Å². The molecule has 0 aromatic carbocycles. The molecule has 0 radical (unpaired) electrons. The van der Waals surface area contributed by atoms with Crippen LogP contribution in [0.2, 0.25) is 0 Å². The lowest BCUT2D eigenvalue weighted by Gasteiger charge is -2.72. The van der Waals surface area contributed by atoms with Gasteiger partial charge in [-0.1, -0.05) is 59.1 Å². The van der Waals surface area contributed by atoms with Crippen LogP contribution in [0.25, 0.3) is 0 Å². The van der Waals surface area contributed by atoms with E-state index in [1.165, 1.54) is 25.7 Å². The van der Waals surface area contributed by atoms with Crippen molar-refractivity contribution >= 4 is 5.97 Å². The predicted octanol–water partition coefficient (Wildman–Crippen LogP) is 8.07. The summed E-state index contributed by atoms with van der Waals surface area (Å²) in [5.41, 5.74) is 1.88. The van der Waals surface area contributed by atoms with E-state index >= 15 is 0 Å². The minimum absolute atomic E-state index is 0.00475. The Morgan fingerprint density at radius 3 is 2.48 bits per heavy atom. The zero-order chi connectivity index (χ0) is 28.8. The third-order valence-corrected chi connectivity index (χ3v) is 14.2. The van der Waals surface area contributed by atoms with Crippen molar-refractivity contribution in [3.63, 3.8) is 0 Å². The molecule has 5 heteroatoms. The summed E-state index contributed by atoms with van der Waals surface area (Å²) in [4.78, 5) is 13.8. The molecule has 0 aromatic heterocycles. The number of rotatable bonds is 4. The van der Waals surface area contributed by atoms with Crippen LogP contribution in [0.15, 0.2) is 11.6 Å². The largest absolute Gasteiger partial charge is 0.438 e. The molecule has 10 atom stereocenters. The molecule has 6 aliphatic rings.